The van der Waals surface area contributed by atoms with Crippen LogP contribution in [0.5, 0.6) is 17.2 Å². The van der Waals surface area contributed by atoms with E-state index in [2.05, 4.69) is 10.3 Å². The van der Waals surface area contributed by atoms with Crippen molar-refractivity contribution in [2.24, 2.45) is 10.7 Å². The van der Waals surface area contributed by atoms with Gasteiger partial charge in [-0.15, -0.1) is 0 Å². The number of anilines is 1. The highest BCUT2D eigenvalue weighted by molar-refractivity contribution is 5.94. The second-order valence-corrected chi connectivity index (χ2v) is 5.12. The molecule has 6 heteroatoms. The first-order chi connectivity index (χ1) is 11.6. The first-order valence-electron chi connectivity index (χ1n) is 7.61. The van der Waals surface area contributed by atoms with E-state index in [1.165, 1.54) is 5.56 Å². The highest BCUT2D eigenvalue weighted by atomic mass is 16.5. The van der Waals surface area contributed by atoms with Gasteiger partial charge in [-0.2, -0.15) is 0 Å². The van der Waals surface area contributed by atoms with Gasteiger partial charge in [0.25, 0.3) is 0 Å². The van der Waals surface area contributed by atoms with Crippen LogP contribution in [0.25, 0.3) is 0 Å². The zero-order chi connectivity index (χ0) is 17.4. The van der Waals surface area contributed by atoms with Crippen molar-refractivity contribution < 1.29 is 14.2 Å². The molecule has 2 rings (SSSR count). The fourth-order valence-corrected chi connectivity index (χ4v) is 2.05. The molecule has 0 radical (unpaired) electrons. The molecule has 6 nitrogen and oxygen atoms in total. The molecule has 3 N–H and O–H groups in total. The zero-order valence-electron chi connectivity index (χ0n) is 14.2. The fourth-order valence-electron chi connectivity index (χ4n) is 2.05. The smallest absolute Gasteiger partial charge is 0.193 e. The van der Waals surface area contributed by atoms with Crippen LogP contribution in [0.1, 0.15) is 5.56 Å². The van der Waals surface area contributed by atoms with Crippen LogP contribution in [0.2, 0.25) is 0 Å². The van der Waals surface area contributed by atoms with E-state index in [0.29, 0.717) is 30.3 Å². The van der Waals surface area contributed by atoms with E-state index < -0.39 is 0 Å². The molecule has 0 unspecified atom stereocenters. The molecule has 0 fully saturated rings. The van der Waals surface area contributed by atoms with Crippen LogP contribution in [-0.4, -0.2) is 33.3 Å². The number of hydrogen-bond acceptors (Lipinski definition) is 4. The number of ether oxygens (including phenoxy) is 3. The minimum absolute atomic E-state index is 0.286. The number of hydrogen-bond donors (Lipinski definition) is 2. The normalized spacial score (nSPS) is 11.0. The topological polar surface area (TPSA) is 78.1 Å². The molecule has 2 aromatic rings. The van der Waals surface area contributed by atoms with Gasteiger partial charge in [0.2, 0.25) is 0 Å². The predicted octanol–water partition coefficient (Wildman–Crippen LogP) is 2.82. The van der Waals surface area contributed by atoms with Crippen molar-refractivity contribution in [2.45, 2.75) is 6.92 Å². The Hall–Kier alpha value is -2.89. The number of aryl methyl sites for hydroxylation is 1. The SMILES string of the molecule is COc1ccc(OC)c(NC(N)=NCCOc2ccc(C)cc2)c1. The van der Waals surface area contributed by atoms with Crippen molar-refractivity contribution in [3.63, 3.8) is 0 Å². The van der Waals surface area contributed by atoms with Gasteiger partial charge in [0.05, 0.1) is 26.5 Å². The van der Waals surface area contributed by atoms with E-state index in [-0.39, 0.29) is 5.96 Å². The van der Waals surface area contributed by atoms with Crippen LogP contribution in [0.4, 0.5) is 5.69 Å². The molecule has 0 aliphatic heterocycles. The lowest BCUT2D eigenvalue weighted by molar-refractivity contribution is 0.328. The van der Waals surface area contributed by atoms with E-state index in [9.17, 15) is 0 Å². The molecule has 0 aromatic heterocycles. The Morgan fingerprint density at radius 2 is 1.75 bits per heavy atom. The van der Waals surface area contributed by atoms with Crippen molar-refractivity contribution in [1.29, 1.82) is 0 Å². The molecule has 0 atom stereocenters. The summed E-state index contributed by atoms with van der Waals surface area (Å²) in [5.74, 6) is 2.46. The minimum Gasteiger partial charge on any atom is -0.497 e. The maximum atomic E-state index is 5.91. The van der Waals surface area contributed by atoms with Crippen molar-refractivity contribution in [2.75, 3.05) is 32.7 Å². The second-order valence-electron chi connectivity index (χ2n) is 5.12. The van der Waals surface area contributed by atoms with Crippen LogP contribution in [-0.2, 0) is 0 Å². The van der Waals surface area contributed by atoms with Crippen LogP contribution >= 0.6 is 0 Å². The summed E-state index contributed by atoms with van der Waals surface area (Å²) in [6.07, 6.45) is 0. The molecule has 0 saturated carbocycles. The third kappa shape index (κ3) is 5.08. The molecule has 128 valence electrons. The number of nitrogens with zero attached hydrogens (tertiary/aromatic N) is 1. The minimum atomic E-state index is 0.286. The zero-order valence-corrected chi connectivity index (χ0v) is 14.2. The summed E-state index contributed by atoms with van der Waals surface area (Å²) in [5, 5.41) is 3.01. The molecule has 0 heterocycles. The van der Waals surface area contributed by atoms with Gasteiger partial charge >= 0.3 is 0 Å². The maximum Gasteiger partial charge on any atom is 0.193 e. The summed E-state index contributed by atoms with van der Waals surface area (Å²) in [7, 11) is 3.20. The van der Waals surface area contributed by atoms with Crippen LogP contribution < -0.4 is 25.3 Å². The lowest BCUT2D eigenvalue weighted by Gasteiger charge is -2.12. The molecule has 0 aliphatic carbocycles. The average Bonchev–Trinajstić information content (AvgIpc) is 2.60. The van der Waals surface area contributed by atoms with Crippen LogP contribution in [0.15, 0.2) is 47.5 Å². The van der Waals surface area contributed by atoms with E-state index in [0.717, 1.165) is 5.75 Å². The second kappa shape index (κ2) is 8.67. The van der Waals surface area contributed by atoms with Crippen molar-refractivity contribution in [3.05, 3.63) is 48.0 Å². The number of methoxy groups -OCH3 is 2. The van der Waals surface area contributed by atoms with E-state index in [4.69, 9.17) is 19.9 Å². The van der Waals surface area contributed by atoms with Crippen LogP contribution in [0, 0.1) is 6.92 Å². The molecule has 0 amide bonds. The number of nitrogens with two attached hydrogens (primary N) is 1. The molecule has 0 saturated heterocycles. The van der Waals surface area contributed by atoms with E-state index in [1.54, 1.807) is 26.4 Å². The third-order valence-corrected chi connectivity index (χ3v) is 3.33. The van der Waals surface area contributed by atoms with Gasteiger partial charge in [0.15, 0.2) is 5.96 Å². The maximum absolute atomic E-state index is 5.91. The average molecular weight is 329 g/mol. The van der Waals surface area contributed by atoms with Crippen LogP contribution in [0.3, 0.4) is 0 Å². The van der Waals surface area contributed by atoms with Gasteiger partial charge < -0.3 is 25.3 Å². The molecule has 0 aliphatic rings. The first-order valence-corrected chi connectivity index (χ1v) is 7.61. The monoisotopic (exact) mass is 329 g/mol. The van der Waals surface area contributed by atoms with Crippen molar-refractivity contribution in [3.8, 4) is 17.2 Å². The summed E-state index contributed by atoms with van der Waals surface area (Å²) >= 11 is 0. The van der Waals surface area contributed by atoms with Gasteiger partial charge in [0.1, 0.15) is 23.9 Å². The quantitative estimate of drug-likeness (QED) is 0.464. The number of nitrogens with one attached hydrogen (secondary N) is 1. The fraction of sp³-hybridized carbons (Fsp3) is 0.278. The van der Waals surface area contributed by atoms with Gasteiger partial charge in [0, 0.05) is 6.07 Å². The molecule has 2 aromatic carbocycles. The molecular weight excluding hydrogens is 306 g/mol. The standard InChI is InChI=1S/C18H23N3O3/c1-13-4-6-14(7-5-13)24-11-10-20-18(19)21-16-12-15(22-2)8-9-17(16)23-3/h4-9,12H,10-11H2,1-3H3,(H3,19,20,21). The summed E-state index contributed by atoms with van der Waals surface area (Å²) in [5.41, 5.74) is 7.79. The lowest BCUT2D eigenvalue weighted by atomic mass is 10.2. The largest absolute Gasteiger partial charge is 0.497 e. The Morgan fingerprint density at radius 1 is 1.04 bits per heavy atom. The number of benzene rings is 2. The number of aliphatic imine (C=N–C) groups is 1. The Morgan fingerprint density at radius 3 is 2.42 bits per heavy atom. The molecule has 0 bridgehead atoms. The summed E-state index contributed by atoms with van der Waals surface area (Å²) in [6.45, 7) is 2.92. The predicted molar refractivity (Wildman–Crippen MR) is 96.3 cm³/mol. The lowest BCUT2D eigenvalue weighted by Crippen LogP contribution is -2.24. The van der Waals surface area contributed by atoms with Gasteiger partial charge in [-0.3, -0.25) is 0 Å². The van der Waals surface area contributed by atoms with Gasteiger partial charge in [-0.1, -0.05) is 17.7 Å². The molecule has 24 heavy (non-hydrogen) atoms. The van der Waals surface area contributed by atoms with Gasteiger partial charge in [-0.05, 0) is 31.2 Å². The Bertz CT molecular complexity index is 684. The summed E-state index contributed by atoms with van der Waals surface area (Å²) in [6, 6.07) is 13.3. The Balaban J connectivity index is 1.88. The number of rotatable bonds is 7. The van der Waals surface area contributed by atoms with Gasteiger partial charge in [-0.25, -0.2) is 4.99 Å². The van der Waals surface area contributed by atoms with E-state index in [1.807, 2.05) is 37.3 Å². The summed E-state index contributed by atoms with van der Waals surface area (Å²) < 4.78 is 16.1. The highest BCUT2D eigenvalue weighted by Gasteiger charge is 2.06. The number of guanidine groups is 1. The molecule has 0 spiro atoms. The Labute approximate surface area is 142 Å². The van der Waals surface area contributed by atoms with Crippen molar-refractivity contribution in [1.82, 2.24) is 0 Å². The highest BCUT2D eigenvalue weighted by Crippen LogP contribution is 2.28. The molecular formula is C18H23N3O3. The first kappa shape index (κ1) is 17.5. The van der Waals surface area contributed by atoms with E-state index >= 15 is 0 Å². The van der Waals surface area contributed by atoms with Crippen molar-refractivity contribution >= 4 is 11.6 Å². The Kier molecular flexibility index (Phi) is 6.31. The summed E-state index contributed by atoms with van der Waals surface area (Å²) in [4.78, 5) is 4.24. The third-order valence-electron chi connectivity index (χ3n) is 3.33.